The van der Waals surface area contributed by atoms with Crippen LogP contribution < -0.4 is 11.1 Å². The normalized spacial score (nSPS) is 12.1. The highest BCUT2D eigenvalue weighted by atomic mass is 16.5. The van der Waals surface area contributed by atoms with Crippen molar-refractivity contribution in [3.8, 4) is 5.75 Å². The minimum Gasteiger partial charge on any atom is -0.507 e. The van der Waals surface area contributed by atoms with Crippen molar-refractivity contribution in [2.24, 2.45) is 11.7 Å². The zero-order valence-electron chi connectivity index (χ0n) is 11.8. The first-order chi connectivity index (χ1) is 9.35. The van der Waals surface area contributed by atoms with E-state index in [4.69, 9.17) is 5.73 Å². The fraction of sp³-hybridized carbons (Fsp3) is 0.429. The largest absolute Gasteiger partial charge is 0.507 e. The van der Waals surface area contributed by atoms with Crippen molar-refractivity contribution in [3.05, 3.63) is 23.8 Å². The highest BCUT2D eigenvalue weighted by Crippen LogP contribution is 2.22. The molecule has 1 unspecified atom stereocenters. The van der Waals surface area contributed by atoms with E-state index in [1.54, 1.807) is 0 Å². The van der Waals surface area contributed by atoms with Gasteiger partial charge in [0.1, 0.15) is 11.3 Å². The summed E-state index contributed by atoms with van der Waals surface area (Å²) in [6.45, 7) is 3.95. The van der Waals surface area contributed by atoms with Crippen molar-refractivity contribution in [2.75, 3.05) is 12.4 Å². The molecule has 0 aliphatic carbocycles. The number of ether oxygens (including phenoxy) is 1. The summed E-state index contributed by atoms with van der Waals surface area (Å²) in [5.41, 5.74) is 6.14. The lowest BCUT2D eigenvalue weighted by Crippen LogP contribution is -2.36. The summed E-state index contributed by atoms with van der Waals surface area (Å²) in [4.78, 5) is 23.3. The Hall–Kier alpha value is -2.08. The molecule has 1 amide bonds. The Bertz CT molecular complexity index is 500. The van der Waals surface area contributed by atoms with Crippen LogP contribution in [0.2, 0.25) is 0 Å². The van der Waals surface area contributed by atoms with Crippen molar-refractivity contribution < 1.29 is 19.4 Å². The van der Waals surface area contributed by atoms with Gasteiger partial charge < -0.3 is 20.9 Å². The van der Waals surface area contributed by atoms with E-state index in [0.717, 1.165) is 0 Å². The molecule has 1 atom stereocenters. The fourth-order valence-corrected chi connectivity index (χ4v) is 1.74. The first-order valence-electron chi connectivity index (χ1n) is 6.33. The third-order valence-corrected chi connectivity index (χ3v) is 2.73. The summed E-state index contributed by atoms with van der Waals surface area (Å²) >= 11 is 0. The number of anilines is 1. The molecule has 4 N–H and O–H groups in total. The lowest BCUT2D eigenvalue weighted by atomic mass is 10.0. The smallest absolute Gasteiger partial charge is 0.341 e. The average Bonchev–Trinajstić information content (AvgIpc) is 2.39. The lowest BCUT2D eigenvalue weighted by molar-refractivity contribution is -0.117. The Balaban J connectivity index is 2.83. The molecule has 1 aromatic rings. The zero-order chi connectivity index (χ0) is 15.3. The van der Waals surface area contributed by atoms with Crippen LogP contribution in [0, 0.1) is 5.92 Å². The Morgan fingerprint density at radius 3 is 2.60 bits per heavy atom. The number of rotatable bonds is 5. The maximum absolute atomic E-state index is 11.9. The topological polar surface area (TPSA) is 102 Å². The molecule has 0 saturated heterocycles. The van der Waals surface area contributed by atoms with Crippen molar-refractivity contribution in [1.29, 1.82) is 0 Å². The van der Waals surface area contributed by atoms with E-state index in [1.807, 2.05) is 13.8 Å². The van der Waals surface area contributed by atoms with E-state index >= 15 is 0 Å². The molecule has 6 nitrogen and oxygen atoms in total. The molecular weight excluding hydrogens is 260 g/mol. The average molecular weight is 280 g/mol. The van der Waals surface area contributed by atoms with Gasteiger partial charge in [-0.1, -0.05) is 13.8 Å². The van der Waals surface area contributed by atoms with Crippen LogP contribution in [-0.2, 0) is 9.53 Å². The van der Waals surface area contributed by atoms with Gasteiger partial charge in [-0.05, 0) is 30.5 Å². The Labute approximate surface area is 117 Å². The molecule has 0 aliphatic rings. The molecule has 1 rings (SSSR count). The van der Waals surface area contributed by atoms with Gasteiger partial charge >= 0.3 is 5.97 Å². The molecule has 0 heterocycles. The van der Waals surface area contributed by atoms with Crippen LogP contribution >= 0.6 is 0 Å². The quantitative estimate of drug-likeness (QED) is 0.560. The fourth-order valence-electron chi connectivity index (χ4n) is 1.74. The van der Waals surface area contributed by atoms with Gasteiger partial charge in [-0.2, -0.15) is 0 Å². The minimum absolute atomic E-state index is 0.0114. The van der Waals surface area contributed by atoms with Gasteiger partial charge in [-0.3, -0.25) is 4.79 Å². The molecule has 20 heavy (non-hydrogen) atoms. The monoisotopic (exact) mass is 280 g/mol. The second-order valence-corrected chi connectivity index (χ2v) is 4.95. The van der Waals surface area contributed by atoms with Gasteiger partial charge in [-0.15, -0.1) is 0 Å². The summed E-state index contributed by atoms with van der Waals surface area (Å²) in [6.07, 6.45) is 0.563. The van der Waals surface area contributed by atoms with Crippen LogP contribution in [0.1, 0.15) is 30.6 Å². The van der Waals surface area contributed by atoms with E-state index in [2.05, 4.69) is 10.1 Å². The molecule has 0 spiro atoms. The number of nitrogens with one attached hydrogen (secondary N) is 1. The predicted octanol–water partition coefficient (Wildman–Crippen LogP) is 1.49. The Morgan fingerprint density at radius 1 is 1.40 bits per heavy atom. The number of carbonyl (C=O) groups is 2. The van der Waals surface area contributed by atoms with Crippen LogP contribution in [0.3, 0.4) is 0 Å². The van der Waals surface area contributed by atoms with E-state index in [1.165, 1.54) is 25.3 Å². The molecular formula is C14H20N2O4. The maximum atomic E-state index is 11.9. The number of phenols is 1. The number of esters is 1. The zero-order valence-corrected chi connectivity index (χ0v) is 11.8. The van der Waals surface area contributed by atoms with Crippen molar-refractivity contribution in [1.82, 2.24) is 0 Å². The number of nitrogens with two attached hydrogens (primary N) is 1. The van der Waals surface area contributed by atoms with Crippen LogP contribution in [0.5, 0.6) is 5.75 Å². The maximum Gasteiger partial charge on any atom is 0.341 e. The molecule has 1 aromatic carbocycles. The van der Waals surface area contributed by atoms with Gasteiger partial charge in [0.25, 0.3) is 0 Å². The first-order valence-corrected chi connectivity index (χ1v) is 6.33. The number of amides is 1. The second-order valence-electron chi connectivity index (χ2n) is 4.95. The van der Waals surface area contributed by atoms with Gasteiger partial charge in [0.15, 0.2) is 0 Å². The van der Waals surface area contributed by atoms with Crippen LogP contribution in [-0.4, -0.2) is 30.1 Å². The van der Waals surface area contributed by atoms with E-state index in [9.17, 15) is 14.7 Å². The van der Waals surface area contributed by atoms with Crippen molar-refractivity contribution in [3.63, 3.8) is 0 Å². The third-order valence-electron chi connectivity index (χ3n) is 2.73. The Morgan fingerprint density at radius 2 is 2.05 bits per heavy atom. The molecule has 0 fully saturated rings. The molecule has 6 heteroatoms. The second kappa shape index (κ2) is 6.91. The highest BCUT2D eigenvalue weighted by molar-refractivity contribution is 5.98. The summed E-state index contributed by atoms with van der Waals surface area (Å²) in [5, 5.41) is 12.2. The number of benzene rings is 1. The number of hydrogen-bond acceptors (Lipinski definition) is 5. The van der Waals surface area contributed by atoms with E-state index < -0.39 is 12.0 Å². The SMILES string of the molecule is COC(=O)c1cc(NC(=O)C(N)CC(C)C)ccc1O. The standard InChI is InChI=1S/C14H20N2O4/c1-8(2)6-11(15)13(18)16-9-4-5-12(17)10(7-9)14(19)20-3/h4-5,7-8,11,17H,6,15H2,1-3H3,(H,16,18). The molecule has 0 bridgehead atoms. The predicted molar refractivity (Wildman–Crippen MR) is 75.5 cm³/mol. The van der Waals surface area contributed by atoms with Gasteiger partial charge in [0.05, 0.1) is 13.2 Å². The number of hydrogen-bond donors (Lipinski definition) is 3. The highest BCUT2D eigenvalue weighted by Gasteiger charge is 2.17. The summed E-state index contributed by atoms with van der Waals surface area (Å²) in [7, 11) is 1.21. The molecule has 0 saturated carbocycles. The number of methoxy groups -OCH3 is 1. The van der Waals surface area contributed by atoms with Gasteiger partial charge in [0, 0.05) is 5.69 Å². The van der Waals surface area contributed by atoms with Gasteiger partial charge in [-0.25, -0.2) is 4.79 Å². The van der Waals surface area contributed by atoms with E-state index in [-0.39, 0.29) is 17.2 Å². The summed E-state index contributed by atoms with van der Waals surface area (Å²) in [5.74, 6) is -0.909. The van der Waals surface area contributed by atoms with Gasteiger partial charge in [0.2, 0.25) is 5.91 Å². The Kier molecular flexibility index (Phi) is 5.52. The summed E-state index contributed by atoms with van der Waals surface area (Å²) in [6, 6.07) is 3.53. The van der Waals surface area contributed by atoms with Crippen molar-refractivity contribution in [2.45, 2.75) is 26.3 Å². The van der Waals surface area contributed by atoms with Crippen molar-refractivity contribution >= 4 is 17.6 Å². The van der Waals surface area contributed by atoms with Crippen LogP contribution in [0.25, 0.3) is 0 Å². The summed E-state index contributed by atoms with van der Waals surface area (Å²) < 4.78 is 4.54. The number of carbonyl (C=O) groups excluding carboxylic acids is 2. The van der Waals surface area contributed by atoms with Crippen LogP contribution in [0.15, 0.2) is 18.2 Å². The molecule has 0 aliphatic heterocycles. The minimum atomic E-state index is -0.676. The van der Waals surface area contributed by atoms with E-state index in [0.29, 0.717) is 18.0 Å². The third kappa shape index (κ3) is 4.24. The first kappa shape index (κ1) is 16.0. The number of aromatic hydroxyl groups is 1. The number of phenolic OH excluding ortho intramolecular Hbond substituents is 1. The molecule has 0 radical (unpaired) electrons. The lowest BCUT2D eigenvalue weighted by Gasteiger charge is -2.14. The molecule has 110 valence electrons. The molecule has 0 aromatic heterocycles. The van der Waals surface area contributed by atoms with Crippen LogP contribution in [0.4, 0.5) is 5.69 Å².